The minimum absolute atomic E-state index is 0.294. The summed E-state index contributed by atoms with van der Waals surface area (Å²) in [5.41, 5.74) is 0. The van der Waals surface area contributed by atoms with Crippen molar-refractivity contribution >= 4 is 11.8 Å². The molecule has 0 amide bonds. The van der Waals surface area contributed by atoms with Gasteiger partial charge in [0.05, 0.1) is 21.1 Å². The Labute approximate surface area is 72.7 Å². The van der Waals surface area contributed by atoms with E-state index in [-0.39, 0.29) is 0 Å². The van der Waals surface area contributed by atoms with E-state index in [1.54, 1.807) is 0 Å². The summed E-state index contributed by atoms with van der Waals surface area (Å²) in [4.78, 5) is 21.1. The Kier molecular flexibility index (Phi) is 3.89. The lowest BCUT2D eigenvalue weighted by atomic mass is 10.4. The van der Waals surface area contributed by atoms with Crippen molar-refractivity contribution in [2.75, 3.05) is 34.3 Å². The molecular weight excluding hydrogens is 158 g/mol. The molecule has 0 heterocycles. The highest BCUT2D eigenvalue weighted by Crippen LogP contribution is 1.90. The zero-order valence-electron chi connectivity index (χ0n) is 8.09. The maximum absolute atomic E-state index is 10.6. The van der Waals surface area contributed by atoms with Crippen molar-refractivity contribution in [3.63, 3.8) is 0 Å². The highest BCUT2D eigenvalue weighted by Gasteiger charge is 2.11. The number of quaternary nitrogens is 1. The molecule has 0 bridgehead atoms. The van der Waals surface area contributed by atoms with Crippen molar-refractivity contribution in [3.05, 3.63) is 0 Å². The van der Waals surface area contributed by atoms with Crippen LogP contribution in [0.1, 0.15) is 6.92 Å². The maximum atomic E-state index is 10.6. The second-order valence-electron chi connectivity index (χ2n) is 3.71. The van der Waals surface area contributed by atoms with Crippen molar-refractivity contribution in [2.45, 2.75) is 6.92 Å². The Morgan fingerprint density at radius 2 is 1.75 bits per heavy atom. The van der Waals surface area contributed by atoms with E-state index in [2.05, 4.69) is 4.74 Å². The first kappa shape index (κ1) is 11.1. The Balaban J connectivity index is 3.58. The molecule has 0 spiro atoms. The van der Waals surface area contributed by atoms with Gasteiger partial charge in [-0.2, -0.15) is 0 Å². The van der Waals surface area contributed by atoms with E-state index in [9.17, 15) is 9.59 Å². The number of nitrogens with zero attached hydrogens (tertiary/aromatic N) is 1. The van der Waals surface area contributed by atoms with Gasteiger partial charge in [-0.15, -0.1) is 0 Å². The number of ketones is 1. The monoisotopic (exact) mass is 174 g/mol. The Morgan fingerprint density at radius 3 is 2.08 bits per heavy atom. The molecule has 0 radical (unpaired) electrons. The minimum atomic E-state index is -0.747. The molecule has 0 aromatic heterocycles. The molecule has 0 saturated carbocycles. The summed E-state index contributed by atoms with van der Waals surface area (Å²) in [6.07, 6.45) is 0. The van der Waals surface area contributed by atoms with Gasteiger partial charge in [-0.3, -0.25) is 4.79 Å². The van der Waals surface area contributed by atoms with E-state index in [0.717, 1.165) is 0 Å². The largest absolute Gasteiger partial charge is 0.454 e. The molecule has 0 aliphatic rings. The van der Waals surface area contributed by atoms with Gasteiger partial charge in [0.2, 0.25) is 5.78 Å². The van der Waals surface area contributed by atoms with Gasteiger partial charge in [-0.25, -0.2) is 4.79 Å². The van der Waals surface area contributed by atoms with Gasteiger partial charge in [0.1, 0.15) is 13.2 Å². The molecule has 0 atom stereocenters. The summed E-state index contributed by atoms with van der Waals surface area (Å²) in [6, 6.07) is 0. The van der Waals surface area contributed by atoms with E-state index in [4.69, 9.17) is 0 Å². The van der Waals surface area contributed by atoms with Crippen molar-refractivity contribution < 1.29 is 18.8 Å². The molecule has 0 fully saturated rings. The molecule has 70 valence electrons. The van der Waals surface area contributed by atoms with Gasteiger partial charge in [0, 0.05) is 6.92 Å². The van der Waals surface area contributed by atoms with Gasteiger partial charge in [-0.1, -0.05) is 0 Å². The molecule has 4 heteroatoms. The predicted molar refractivity (Wildman–Crippen MR) is 44.5 cm³/mol. The molecule has 0 aromatic carbocycles. The van der Waals surface area contributed by atoms with Crippen molar-refractivity contribution in [1.29, 1.82) is 0 Å². The zero-order valence-corrected chi connectivity index (χ0v) is 8.09. The lowest BCUT2D eigenvalue weighted by Gasteiger charge is -2.23. The van der Waals surface area contributed by atoms with Gasteiger partial charge >= 0.3 is 5.97 Å². The standard InChI is InChI=1S/C8H16NO3/c1-7(10)8(11)12-6-5-9(2,3)4/h5-6H2,1-4H3/q+1. The smallest absolute Gasteiger partial charge is 0.374 e. The van der Waals surface area contributed by atoms with Crippen LogP contribution in [0.25, 0.3) is 0 Å². The normalized spacial score (nSPS) is 11.0. The highest BCUT2D eigenvalue weighted by molar-refractivity contribution is 6.32. The average molecular weight is 174 g/mol. The summed E-state index contributed by atoms with van der Waals surface area (Å²) in [5.74, 6) is -1.29. The van der Waals surface area contributed by atoms with Gasteiger partial charge < -0.3 is 9.22 Å². The average Bonchev–Trinajstić information content (AvgIpc) is 1.84. The van der Waals surface area contributed by atoms with Crippen LogP contribution in [0.3, 0.4) is 0 Å². The van der Waals surface area contributed by atoms with Crippen LogP contribution in [-0.2, 0) is 14.3 Å². The third kappa shape index (κ3) is 5.85. The van der Waals surface area contributed by atoms with E-state index in [1.807, 2.05) is 21.1 Å². The molecule has 0 aliphatic carbocycles. The quantitative estimate of drug-likeness (QED) is 0.337. The van der Waals surface area contributed by atoms with E-state index < -0.39 is 11.8 Å². The van der Waals surface area contributed by atoms with Crippen LogP contribution in [0.2, 0.25) is 0 Å². The van der Waals surface area contributed by atoms with Crippen LogP contribution < -0.4 is 0 Å². The lowest BCUT2D eigenvalue weighted by molar-refractivity contribution is -0.870. The number of esters is 1. The first-order valence-electron chi connectivity index (χ1n) is 3.81. The molecule has 12 heavy (non-hydrogen) atoms. The molecule has 0 rings (SSSR count). The third-order valence-corrected chi connectivity index (χ3v) is 1.28. The number of hydrogen-bond acceptors (Lipinski definition) is 3. The van der Waals surface area contributed by atoms with Crippen molar-refractivity contribution in [3.8, 4) is 0 Å². The minimum Gasteiger partial charge on any atom is -0.454 e. The van der Waals surface area contributed by atoms with Gasteiger partial charge in [0.25, 0.3) is 0 Å². The first-order valence-corrected chi connectivity index (χ1v) is 3.81. The van der Waals surface area contributed by atoms with E-state index in [0.29, 0.717) is 17.6 Å². The molecule has 0 N–H and O–H groups in total. The fraction of sp³-hybridized carbons (Fsp3) is 0.750. The Hall–Kier alpha value is -0.900. The molecule has 0 aromatic rings. The predicted octanol–water partition coefficient (Wildman–Crippen LogP) is -0.175. The molecular formula is C8H16NO3+. The van der Waals surface area contributed by atoms with Crippen LogP contribution in [0.15, 0.2) is 0 Å². The number of likely N-dealkylation sites (N-methyl/N-ethyl adjacent to an activating group) is 1. The molecule has 0 unspecified atom stereocenters. The van der Waals surface area contributed by atoms with Gasteiger partial charge in [-0.05, 0) is 0 Å². The molecule has 0 saturated heterocycles. The second kappa shape index (κ2) is 4.21. The van der Waals surface area contributed by atoms with Crippen molar-refractivity contribution in [2.24, 2.45) is 0 Å². The van der Waals surface area contributed by atoms with Crippen LogP contribution in [0.5, 0.6) is 0 Å². The number of Topliss-reactive ketones (excluding diaryl/α,β-unsaturated/α-hetero) is 1. The molecule has 0 aliphatic heterocycles. The SMILES string of the molecule is CC(=O)C(=O)OCC[N+](C)(C)C. The number of ether oxygens (including phenoxy) is 1. The van der Waals surface area contributed by atoms with Crippen LogP contribution in [-0.4, -0.2) is 50.5 Å². The fourth-order valence-corrected chi connectivity index (χ4v) is 0.514. The summed E-state index contributed by atoms with van der Waals surface area (Å²) in [6.45, 7) is 2.20. The highest BCUT2D eigenvalue weighted by atomic mass is 16.5. The van der Waals surface area contributed by atoms with E-state index >= 15 is 0 Å². The second-order valence-corrected chi connectivity index (χ2v) is 3.71. The van der Waals surface area contributed by atoms with Crippen LogP contribution in [0, 0.1) is 0 Å². The van der Waals surface area contributed by atoms with Crippen molar-refractivity contribution in [1.82, 2.24) is 0 Å². The number of rotatable bonds is 4. The third-order valence-electron chi connectivity index (χ3n) is 1.28. The van der Waals surface area contributed by atoms with Gasteiger partial charge in [0.15, 0.2) is 0 Å². The first-order chi connectivity index (χ1) is 5.33. The lowest BCUT2D eigenvalue weighted by Crippen LogP contribution is -2.38. The number of carbonyl (C=O) groups excluding carboxylic acids is 2. The molecule has 4 nitrogen and oxygen atoms in total. The number of carbonyl (C=O) groups is 2. The fourth-order valence-electron chi connectivity index (χ4n) is 0.514. The maximum Gasteiger partial charge on any atom is 0.374 e. The summed E-state index contributed by atoms with van der Waals surface area (Å²) < 4.78 is 5.39. The zero-order chi connectivity index (χ0) is 9.78. The summed E-state index contributed by atoms with van der Waals surface area (Å²) in [7, 11) is 5.96. The van der Waals surface area contributed by atoms with Crippen LogP contribution in [0.4, 0.5) is 0 Å². The number of hydrogen-bond donors (Lipinski definition) is 0. The summed E-state index contributed by atoms with van der Waals surface area (Å²) >= 11 is 0. The van der Waals surface area contributed by atoms with Crippen LogP contribution >= 0.6 is 0 Å². The van der Waals surface area contributed by atoms with E-state index in [1.165, 1.54) is 6.92 Å². The summed E-state index contributed by atoms with van der Waals surface area (Å²) in [5, 5.41) is 0. The Bertz CT molecular complexity index is 181. The topological polar surface area (TPSA) is 43.4 Å². The Morgan fingerprint density at radius 1 is 1.25 bits per heavy atom.